The maximum atomic E-state index is 2.49. The third-order valence-electron chi connectivity index (χ3n) is 9.46. The van der Waals surface area contributed by atoms with Crippen LogP contribution in [-0.4, -0.2) is 0 Å². The summed E-state index contributed by atoms with van der Waals surface area (Å²) in [6.07, 6.45) is 0. The van der Waals surface area contributed by atoms with E-state index < -0.39 is 0 Å². The SMILES string of the molecule is CC1(C)c2ccccc2-c2cc3sc4ccc(-c5c6ccccc6c(-c6ccccc6)c6ccccc56)cc4c3cc21. The van der Waals surface area contributed by atoms with E-state index in [1.807, 2.05) is 11.3 Å². The van der Waals surface area contributed by atoms with Crippen LogP contribution in [0, 0.1) is 0 Å². The molecule has 0 saturated carbocycles. The van der Waals surface area contributed by atoms with Crippen LogP contribution in [0.3, 0.4) is 0 Å². The Hall–Kier alpha value is -4.72. The monoisotopic (exact) mass is 552 g/mol. The lowest BCUT2D eigenvalue weighted by molar-refractivity contribution is 0.661. The molecule has 0 bridgehead atoms. The third kappa shape index (κ3) is 3.23. The molecule has 0 aliphatic heterocycles. The lowest BCUT2D eigenvalue weighted by Gasteiger charge is -2.21. The van der Waals surface area contributed by atoms with Gasteiger partial charge in [-0.25, -0.2) is 0 Å². The molecule has 1 aliphatic rings. The van der Waals surface area contributed by atoms with E-state index in [1.165, 1.54) is 86.2 Å². The Morgan fingerprint density at radius 2 is 0.976 bits per heavy atom. The number of thiophene rings is 1. The van der Waals surface area contributed by atoms with Crippen molar-refractivity contribution in [2.24, 2.45) is 0 Å². The molecule has 0 unspecified atom stereocenters. The molecular weight excluding hydrogens is 525 g/mol. The van der Waals surface area contributed by atoms with Crippen molar-refractivity contribution >= 4 is 53.1 Å². The molecule has 0 radical (unpaired) electrons. The highest BCUT2D eigenvalue weighted by atomic mass is 32.1. The van der Waals surface area contributed by atoms with Gasteiger partial charge in [-0.05, 0) is 90.3 Å². The zero-order valence-corrected chi connectivity index (χ0v) is 24.4. The summed E-state index contributed by atoms with van der Waals surface area (Å²) in [5.41, 5.74) is 10.8. The second-order valence-corrected chi connectivity index (χ2v) is 13.2. The Bertz CT molecular complexity index is 2310. The van der Waals surface area contributed by atoms with Gasteiger partial charge in [0.05, 0.1) is 0 Å². The van der Waals surface area contributed by atoms with E-state index in [0.29, 0.717) is 0 Å². The smallest absolute Gasteiger partial charge is 0.0361 e. The van der Waals surface area contributed by atoms with Crippen LogP contribution in [0.25, 0.3) is 75.1 Å². The van der Waals surface area contributed by atoms with Gasteiger partial charge in [-0.3, -0.25) is 0 Å². The maximum Gasteiger partial charge on any atom is 0.0361 e. The van der Waals surface area contributed by atoms with Gasteiger partial charge in [-0.1, -0.05) is 123 Å². The maximum absolute atomic E-state index is 2.49. The Morgan fingerprint density at radius 3 is 1.67 bits per heavy atom. The molecule has 8 aromatic rings. The fourth-order valence-corrected chi connectivity index (χ4v) is 8.59. The standard InChI is InChI=1S/C41H28S/c1-41(2)35-19-11-10-14-27(35)32-24-38-34(23-36(32)41)33-22-26(20-21-37(33)42-38)40-30-17-8-6-15-28(30)39(25-12-4-3-5-13-25)29-16-7-9-18-31(29)40/h3-24H,1-2H3. The summed E-state index contributed by atoms with van der Waals surface area (Å²) < 4.78 is 2.71. The van der Waals surface area contributed by atoms with Crippen molar-refractivity contribution in [1.29, 1.82) is 0 Å². The van der Waals surface area contributed by atoms with Crippen molar-refractivity contribution < 1.29 is 0 Å². The van der Waals surface area contributed by atoms with Crippen LogP contribution < -0.4 is 0 Å². The van der Waals surface area contributed by atoms with E-state index in [2.05, 4.69) is 147 Å². The van der Waals surface area contributed by atoms with Crippen molar-refractivity contribution in [1.82, 2.24) is 0 Å². The van der Waals surface area contributed by atoms with Gasteiger partial charge in [0.1, 0.15) is 0 Å². The van der Waals surface area contributed by atoms with E-state index in [9.17, 15) is 0 Å². The van der Waals surface area contributed by atoms with Gasteiger partial charge in [-0.2, -0.15) is 0 Å². The fourth-order valence-electron chi connectivity index (χ4n) is 7.48. The van der Waals surface area contributed by atoms with Crippen molar-refractivity contribution in [2.45, 2.75) is 19.3 Å². The molecule has 0 saturated heterocycles. The third-order valence-corrected chi connectivity index (χ3v) is 10.6. The highest BCUT2D eigenvalue weighted by Gasteiger charge is 2.35. The van der Waals surface area contributed by atoms with E-state index >= 15 is 0 Å². The zero-order valence-electron chi connectivity index (χ0n) is 23.6. The summed E-state index contributed by atoms with van der Waals surface area (Å²) in [5, 5.41) is 7.90. The first kappa shape index (κ1) is 23.9. The van der Waals surface area contributed by atoms with Crippen LogP contribution in [0.2, 0.25) is 0 Å². The first-order valence-electron chi connectivity index (χ1n) is 14.7. The second kappa shape index (κ2) is 8.64. The second-order valence-electron chi connectivity index (χ2n) is 12.1. The molecule has 9 rings (SSSR count). The summed E-state index contributed by atoms with van der Waals surface area (Å²) in [6.45, 7) is 4.74. The van der Waals surface area contributed by atoms with Crippen molar-refractivity contribution in [3.05, 3.63) is 145 Å². The molecule has 0 N–H and O–H groups in total. The van der Waals surface area contributed by atoms with Crippen LogP contribution in [-0.2, 0) is 5.41 Å². The highest BCUT2D eigenvalue weighted by molar-refractivity contribution is 7.25. The number of hydrogen-bond donors (Lipinski definition) is 0. The van der Waals surface area contributed by atoms with E-state index in [0.717, 1.165) is 0 Å². The van der Waals surface area contributed by atoms with E-state index in [-0.39, 0.29) is 5.41 Å². The minimum Gasteiger partial charge on any atom is -0.135 e. The lowest BCUT2D eigenvalue weighted by atomic mass is 9.82. The van der Waals surface area contributed by atoms with Crippen LogP contribution >= 0.6 is 11.3 Å². The number of benzene rings is 7. The molecule has 1 aromatic heterocycles. The molecule has 0 nitrogen and oxygen atoms in total. The van der Waals surface area contributed by atoms with Crippen LogP contribution in [0.1, 0.15) is 25.0 Å². The first-order chi connectivity index (χ1) is 20.6. The molecule has 1 heterocycles. The average molecular weight is 553 g/mol. The van der Waals surface area contributed by atoms with Crippen LogP contribution in [0.15, 0.2) is 133 Å². The number of hydrogen-bond acceptors (Lipinski definition) is 1. The van der Waals surface area contributed by atoms with Gasteiger partial charge in [0.2, 0.25) is 0 Å². The van der Waals surface area contributed by atoms with Crippen molar-refractivity contribution in [3.63, 3.8) is 0 Å². The minimum absolute atomic E-state index is 0.00827. The molecule has 42 heavy (non-hydrogen) atoms. The van der Waals surface area contributed by atoms with E-state index in [4.69, 9.17) is 0 Å². The molecule has 1 heteroatoms. The molecule has 198 valence electrons. The molecule has 0 fully saturated rings. The Kier molecular flexibility index (Phi) is 4.93. The van der Waals surface area contributed by atoms with Gasteiger partial charge >= 0.3 is 0 Å². The minimum atomic E-state index is -0.00827. The largest absolute Gasteiger partial charge is 0.135 e. The Morgan fingerprint density at radius 1 is 0.405 bits per heavy atom. The van der Waals surface area contributed by atoms with Crippen molar-refractivity contribution in [3.8, 4) is 33.4 Å². The summed E-state index contributed by atoms with van der Waals surface area (Å²) in [5.74, 6) is 0. The summed E-state index contributed by atoms with van der Waals surface area (Å²) >= 11 is 1.91. The topological polar surface area (TPSA) is 0 Å². The van der Waals surface area contributed by atoms with Gasteiger partial charge in [0, 0.05) is 25.6 Å². The zero-order chi connectivity index (χ0) is 28.0. The Labute approximate surface area is 249 Å². The molecule has 1 aliphatic carbocycles. The molecular formula is C41H28S. The van der Waals surface area contributed by atoms with Gasteiger partial charge < -0.3 is 0 Å². The molecule has 0 atom stereocenters. The molecule has 0 spiro atoms. The molecule has 0 amide bonds. The summed E-state index contributed by atoms with van der Waals surface area (Å²) in [7, 11) is 0. The number of rotatable bonds is 2. The van der Waals surface area contributed by atoms with Crippen molar-refractivity contribution in [2.75, 3.05) is 0 Å². The molecule has 7 aromatic carbocycles. The normalized spacial score (nSPS) is 13.7. The number of fused-ring (bicyclic) bond motifs is 8. The van der Waals surface area contributed by atoms with Crippen LogP contribution in [0.5, 0.6) is 0 Å². The first-order valence-corrected chi connectivity index (χ1v) is 15.5. The van der Waals surface area contributed by atoms with Gasteiger partial charge in [-0.15, -0.1) is 11.3 Å². The Balaban J connectivity index is 1.34. The summed E-state index contributed by atoms with van der Waals surface area (Å²) in [6, 6.07) is 49.7. The predicted molar refractivity (Wildman–Crippen MR) is 183 cm³/mol. The summed E-state index contributed by atoms with van der Waals surface area (Å²) in [4.78, 5) is 0. The quantitative estimate of drug-likeness (QED) is 0.187. The lowest BCUT2D eigenvalue weighted by Crippen LogP contribution is -2.14. The van der Waals surface area contributed by atoms with Gasteiger partial charge in [0.25, 0.3) is 0 Å². The van der Waals surface area contributed by atoms with Crippen LogP contribution in [0.4, 0.5) is 0 Å². The average Bonchev–Trinajstić information content (AvgIpc) is 3.50. The highest BCUT2D eigenvalue weighted by Crippen LogP contribution is 2.52. The van der Waals surface area contributed by atoms with E-state index in [1.54, 1.807) is 0 Å². The fraction of sp³-hybridized carbons (Fsp3) is 0.0732. The predicted octanol–water partition coefficient (Wildman–Crippen LogP) is 12.0. The van der Waals surface area contributed by atoms with Gasteiger partial charge in [0.15, 0.2) is 0 Å².